The summed E-state index contributed by atoms with van der Waals surface area (Å²) >= 11 is 3.31. The first-order valence-corrected chi connectivity index (χ1v) is 12.4. The average Bonchev–Trinajstić information content (AvgIpc) is 3.03. The van der Waals surface area contributed by atoms with Crippen LogP contribution in [-0.4, -0.2) is 36.6 Å². The number of sulfonamides is 1. The first-order chi connectivity index (χ1) is 14.8. The van der Waals surface area contributed by atoms with Crippen LogP contribution in [0.3, 0.4) is 0 Å². The minimum absolute atomic E-state index is 0.0850. The lowest BCUT2D eigenvalue weighted by atomic mass is 9.94. The molecule has 0 spiro atoms. The number of amides is 2. The van der Waals surface area contributed by atoms with Gasteiger partial charge in [-0.2, -0.15) is 4.31 Å². The van der Waals surface area contributed by atoms with Crippen molar-refractivity contribution >= 4 is 43.5 Å². The molecule has 6 nitrogen and oxygen atoms in total. The average molecular weight is 509 g/mol. The summed E-state index contributed by atoms with van der Waals surface area (Å²) in [6, 6.07) is 9.83. The molecule has 2 aliphatic rings. The van der Waals surface area contributed by atoms with E-state index >= 15 is 0 Å². The van der Waals surface area contributed by atoms with Gasteiger partial charge < -0.3 is 0 Å². The van der Waals surface area contributed by atoms with Crippen molar-refractivity contribution in [3.8, 4) is 0 Å². The van der Waals surface area contributed by atoms with Crippen LogP contribution in [0.4, 0.5) is 10.1 Å². The third kappa shape index (κ3) is 4.31. The van der Waals surface area contributed by atoms with Crippen LogP contribution in [0.25, 0.3) is 0 Å². The van der Waals surface area contributed by atoms with E-state index in [4.69, 9.17) is 0 Å². The second-order valence-electron chi connectivity index (χ2n) is 7.84. The first-order valence-electron chi connectivity index (χ1n) is 10.2. The molecule has 0 N–H and O–H groups in total. The molecule has 1 aliphatic heterocycles. The SMILES string of the molecule is O=C1CC(N(C2CCCCC2)S(=O)(=O)c2ccc(Br)cc2)C(=O)N1c1ccc(F)cc1. The molecule has 0 radical (unpaired) electrons. The van der Waals surface area contributed by atoms with E-state index in [1.165, 1.54) is 40.7 Å². The summed E-state index contributed by atoms with van der Waals surface area (Å²) in [5, 5.41) is 0. The van der Waals surface area contributed by atoms with Gasteiger partial charge in [-0.05, 0) is 61.4 Å². The molecule has 9 heteroatoms. The maximum Gasteiger partial charge on any atom is 0.252 e. The molecule has 0 bridgehead atoms. The van der Waals surface area contributed by atoms with Crippen LogP contribution in [-0.2, 0) is 19.6 Å². The van der Waals surface area contributed by atoms with Gasteiger partial charge in [-0.25, -0.2) is 17.7 Å². The van der Waals surface area contributed by atoms with Crippen molar-refractivity contribution < 1.29 is 22.4 Å². The van der Waals surface area contributed by atoms with E-state index in [2.05, 4.69) is 15.9 Å². The molecule has 2 aromatic carbocycles. The Hall–Kier alpha value is -2.10. The van der Waals surface area contributed by atoms with E-state index in [9.17, 15) is 22.4 Å². The number of carbonyl (C=O) groups is 2. The molecule has 1 aliphatic carbocycles. The highest BCUT2D eigenvalue weighted by molar-refractivity contribution is 9.10. The fourth-order valence-corrected chi connectivity index (χ4v) is 6.45. The van der Waals surface area contributed by atoms with Gasteiger partial charge in [0.15, 0.2) is 0 Å². The zero-order chi connectivity index (χ0) is 22.2. The largest absolute Gasteiger partial charge is 0.274 e. The summed E-state index contributed by atoms with van der Waals surface area (Å²) < 4.78 is 42.6. The van der Waals surface area contributed by atoms with Gasteiger partial charge in [0.25, 0.3) is 5.91 Å². The number of carbonyl (C=O) groups excluding carboxylic acids is 2. The van der Waals surface area contributed by atoms with Gasteiger partial charge in [0.05, 0.1) is 17.0 Å². The van der Waals surface area contributed by atoms with E-state index in [0.717, 1.165) is 28.6 Å². The highest BCUT2D eigenvalue weighted by Crippen LogP contribution is 2.35. The van der Waals surface area contributed by atoms with Crippen molar-refractivity contribution in [2.45, 2.75) is 55.5 Å². The van der Waals surface area contributed by atoms with Gasteiger partial charge in [0, 0.05) is 10.5 Å². The topological polar surface area (TPSA) is 74.8 Å². The van der Waals surface area contributed by atoms with Crippen LogP contribution >= 0.6 is 15.9 Å². The lowest BCUT2D eigenvalue weighted by molar-refractivity contribution is -0.122. The van der Waals surface area contributed by atoms with Crippen LogP contribution in [0.15, 0.2) is 57.9 Å². The molecule has 164 valence electrons. The highest BCUT2D eigenvalue weighted by atomic mass is 79.9. The molecular weight excluding hydrogens is 487 g/mol. The number of anilines is 1. The third-order valence-corrected chi connectivity index (χ3v) is 8.34. The van der Waals surface area contributed by atoms with E-state index < -0.39 is 33.7 Å². The Morgan fingerprint density at radius 1 is 0.935 bits per heavy atom. The van der Waals surface area contributed by atoms with Gasteiger partial charge in [0.2, 0.25) is 15.9 Å². The van der Waals surface area contributed by atoms with Crippen molar-refractivity contribution in [1.82, 2.24) is 4.31 Å². The Morgan fingerprint density at radius 2 is 1.55 bits per heavy atom. The van der Waals surface area contributed by atoms with Crippen molar-refractivity contribution in [2.75, 3.05) is 4.90 Å². The Morgan fingerprint density at radius 3 is 2.16 bits per heavy atom. The minimum atomic E-state index is -4.02. The number of hydrogen-bond acceptors (Lipinski definition) is 4. The van der Waals surface area contributed by atoms with E-state index in [0.29, 0.717) is 12.8 Å². The molecule has 2 aromatic rings. The summed E-state index contributed by atoms with van der Waals surface area (Å²) in [6.45, 7) is 0. The minimum Gasteiger partial charge on any atom is -0.274 e. The Kier molecular flexibility index (Phi) is 6.27. The van der Waals surface area contributed by atoms with Crippen molar-refractivity contribution in [3.63, 3.8) is 0 Å². The van der Waals surface area contributed by atoms with Crippen LogP contribution in [0, 0.1) is 5.82 Å². The fraction of sp³-hybridized carbons (Fsp3) is 0.364. The lowest BCUT2D eigenvalue weighted by Gasteiger charge is -2.36. The number of rotatable bonds is 5. The third-order valence-electron chi connectivity index (χ3n) is 5.84. The second kappa shape index (κ2) is 8.80. The number of halogens is 2. The predicted molar refractivity (Wildman–Crippen MR) is 117 cm³/mol. The second-order valence-corrected chi connectivity index (χ2v) is 10.6. The molecule has 4 rings (SSSR count). The molecule has 1 atom stereocenters. The number of nitrogens with zero attached hydrogens (tertiary/aromatic N) is 2. The van der Waals surface area contributed by atoms with Crippen LogP contribution in [0.2, 0.25) is 0 Å². The van der Waals surface area contributed by atoms with Crippen molar-refractivity contribution in [1.29, 1.82) is 0 Å². The fourth-order valence-electron chi connectivity index (χ4n) is 4.36. The van der Waals surface area contributed by atoms with Gasteiger partial charge in [-0.15, -0.1) is 0 Å². The standard InChI is InChI=1S/C22H22BrFN2O4S/c23-15-6-12-19(13-7-15)31(29,30)26(18-4-2-1-3-5-18)20-14-21(27)25(22(20)28)17-10-8-16(24)9-11-17/h6-13,18,20H,1-5,14H2. The van der Waals surface area contributed by atoms with E-state index in [1.54, 1.807) is 12.1 Å². The maximum atomic E-state index is 13.6. The highest BCUT2D eigenvalue weighted by Gasteiger charge is 2.49. The molecule has 0 aromatic heterocycles. The normalized spacial score (nSPS) is 20.6. The molecule has 1 heterocycles. The Balaban J connectivity index is 1.73. The van der Waals surface area contributed by atoms with E-state index in [1.807, 2.05) is 0 Å². The monoisotopic (exact) mass is 508 g/mol. The maximum absolute atomic E-state index is 13.6. The summed E-state index contributed by atoms with van der Waals surface area (Å²) in [6.07, 6.45) is 3.81. The van der Waals surface area contributed by atoms with E-state index in [-0.39, 0.29) is 23.0 Å². The predicted octanol–water partition coefficient (Wildman–Crippen LogP) is 4.24. The van der Waals surface area contributed by atoms with Crippen LogP contribution in [0.5, 0.6) is 0 Å². The van der Waals surface area contributed by atoms with Crippen LogP contribution in [0.1, 0.15) is 38.5 Å². The number of hydrogen-bond donors (Lipinski definition) is 0. The van der Waals surface area contributed by atoms with Gasteiger partial charge in [-0.1, -0.05) is 35.2 Å². The molecule has 1 unspecified atom stereocenters. The van der Waals surface area contributed by atoms with Gasteiger partial charge in [-0.3, -0.25) is 9.59 Å². The van der Waals surface area contributed by atoms with Crippen molar-refractivity contribution in [3.05, 3.63) is 58.8 Å². The zero-order valence-corrected chi connectivity index (χ0v) is 19.1. The Bertz CT molecular complexity index is 1080. The molecular formula is C22H22BrFN2O4S. The molecule has 2 fully saturated rings. The number of imide groups is 1. The quantitative estimate of drug-likeness (QED) is 0.566. The number of benzene rings is 2. The molecule has 31 heavy (non-hydrogen) atoms. The zero-order valence-electron chi connectivity index (χ0n) is 16.7. The van der Waals surface area contributed by atoms with Gasteiger partial charge >= 0.3 is 0 Å². The van der Waals surface area contributed by atoms with Crippen molar-refractivity contribution in [2.24, 2.45) is 0 Å². The molecule has 1 saturated carbocycles. The Labute approximate surface area is 189 Å². The first kappa shape index (κ1) is 22.1. The molecule has 2 amide bonds. The van der Waals surface area contributed by atoms with Gasteiger partial charge in [0.1, 0.15) is 11.9 Å². The smallest absolute Gasteiger partial charge is 0.252 e. The summed E-state index contributed by atoms with van der Waals surface area (Å²) in [4.78, 5) is 27.1. The summed E-state index contributed by atoms with van der Waals surface area (Å²) in [5.41, 5.74) is 0.239. The molecule has 1 saturated heterocycles. The summed E-state index contributed by atoms with van der Waals surface area (Å²) in [5.74, 6) is -1.57. The van der Waals surface area contributed by atoms with Crippen LogP contribution < -0.4 is 4.90 Å². The summed E-state index contributed by atoms with van der Waals surface area (Å²) in [7, 11) is -4.02. The lowest BCUT2D eigenvalue weighted by Crippen LogP contribution is -2.51.